The van der Waals surface area contributed by atoms with Crippen molar-refractivity contribution in [1.82, 2.24) is 9.13 Å². The van der Waals surface area contributed by atoms with Gasteiger partial charge in [-0.25, -0.2) is 4.85 Å². The zero-order chi connectivity index (χ0) is 31.1. The average Bonchev–Trinajstić information content (AvgIpc) is 3.77. The highest BCUT2D eigenvalue weighted by molar-refractivity contribution is 6.17. The van der Waals surface area contributed by atoms with E-state index in [0.29, 0.717) is 5.69 Å². The molecule has 0 saturated heterocycles. The molecule has 0 fully saturated rings. The predicted molar refractivity (Wildman–Crippen MR) is 194 cm³/mol. The highest BCUT2D eigenvalue weighted by Crippen LogP contribution is 2.42. The van der Waals surface area contributed by atoms with Crippen LogP contribution in [0.2, 0.25) is 0 Å². The fourth-order valence-electron chi connectivity index (χ4n) is 7.53. The maximum atomic E-state index is 8.21. The van der Waals surface area contributed by atoms with Crippen LogP contribution in [-0.4, -0.2) is 9.13 Å². The van der Waals surface area contributed by atoms with Crippen LogP contribution in [-0.2, 0) is 0 Å². The molecule has 0 spiro atoms. The van der Waals surface area contributed by atoms with Crippen molar-refractivity contribution in [2.24, 2.45) is 0 Å². The molecule has 0 aliphatic carbocycles. The van der Waals surface area contributed by atoms with Crippen molar-refractivity contribution in [1.29, 1.82) is 0 Å². The summed E-state index contributed by atoms with van der Waals surface area (Å²) in [5, 5.41) is 6.89. The summed E-state index contributed by atoms with van der Waals surface area (Å²) in [7, 11) is 0. The Labute approximate surface area is 269 Å². The minimum absolute atomic E-state index is 0.616. The van der Waals surface area contributed by atoms with Crippen LogP contribution in [0.1, 0.15) is 0 Å². The van der Waals surface area contributed by atoms with Gasteiger partial charge in [-0.05, 0) is 59.7 Å². The third-order valence-electron chi connectivity index (χ3n) is 9.53. The summed E-state index contributed by atoms with van der Waals surface area (Å²) in [5.74, 6) is 0. The van der Waals surface area contributed by atoms with Gasteiger partial charge in [-0.2, -0.15) is 0 Å². The smallest absolute Gasteiger partial charge is 0.211 e. The number of aromatic nitrogens is 2. The second-order valence-corrected chi connectivity index (χ2v) is 12.0. The number of hydrogen-bond acceptors (Lipinski definition) is 1. The first-order valence-electron chi connectivity index (χ1n) is 15.7. The molecule has 0 saturated carbocycles. The molecule has 3 heterocycles. The van der Waals surface area contributed by atoms with Crippen LogP contribution in [0.15, 0.2) is 156 Å². The van der Waals surface area contributed by atoms with E-state index in [-0.39, 0.29) is 0 Å². The summed E-state index contributed by atoms with van der Waals surface area (Å²) < 4.78 is 10.9. The molecule has 0 aliphatic heterocycles. The lowest BCUT2D eigenvalue weighted by atomic mass is 10.0. The van der Waals surface area contributed by atoms with Gasteiger partial charge in [0.2, 0.25) is 5.69 Å². The largest absolute Gasteiger partial charge is 0.456 e. The maximum absolute atomic E-state index is 8.21. The van der Waals surface area contributed by atoms with Crippen LogP contribution < -0.4 is 0 Å². The summed E-state index contributed by atoms with van der Waals surface area (Å²) in [6.45, 7) is 8.21. The quantitative estimate of drug-likeness (QED) is 0.186. The molecule has 3 aromatic heterocycles. The summed E-state index contributed by atoms with van der Waals surface area (Å²) in [6, 6.07) is 52.9. The van der Waals surface area contributed by atoms with Gasteiger partial charge in [-0.1, -0.05) is 103 Å². The number of nitrogens with zero attached hydrogens (tertiary/aromatic N) is 3. The topological polar surface area (TPSA) is 27.4 Å². The first-order chi connectivity index (χ1) is 23.3. The van der Waals surface area contributed by atoms with Crippen LogP contribution in [0.4, 0.5) is 5.69 Å². The van der Waals surface area contributed by atoms with E-state index in [1.807, 2.05) is 24.3 Å². The Kier molecular flexibility index (Phi) is 5.32. The van der Waals surface area contributed by atoms with Crippen LogP contribution in [0.25, 0.3) is 92.9 Å². The Hall–Kier alpha value is -6.57. The Morgan fingerprint density at radius 1 is 0.447 bits per heavy atom. The van der Waals surface area contributed by atoms with Gasteiger partial charge in [0.05, 0.1) is 34.3 Å². The standard InChI is InChI=1S/C43H25N3O/c1-44-36-19-11-18-29(43(36)46-38-21-7-2-14-30(38)31-15-3-8-22-39(31)46)27-12-10-13-28(24-27)45-37-20-6-4-16-32(37)34-26-42-35(25-40(34)45)33-17-5-9-23-41(33)47-42/h2-26H. The molecular formula is C43H25N3O. The van der Waals surface area contributed by atoms with Crippen LogP contribution >= 0.6 is 0 Å². The fourth-order valence-corrected chi connectivity index (χ4v) is 7.53. The van der Waals surface area contributed by atoms with Gasteiger partial charge in [-0.3, -0.25) is 0 Å². The molecular weight excluding hydrogens is 574 g/mol. The molecule has 0 unspecified atom stereocenters. The number of rotatable bonds is 3. The molecule has 0 atom stereocenters. The number of hydrogen-bond donors (Lipinski definition) is 0. The normalized spacial score (nSPS) is 11.8. The second kappa shape index (κ2) is 9.71. The van der Waals surface area contributed by atoms with Gasteiger partial charge in [0, 0.05) is 38.0 Å². The molecule has 0 N–H and O–H groups in total. The molecule has 0 bridgehead atoms. The van der Waals surface area contributed by atoms with Crippen LogP contribution in [0, 0.1) is 6.57 Å². The van der Waals surface area contributed by atoms with Gasteiger partial charge >= 0.3 is 0 Å². The van der Waals surface area contributed by atoms with Gasteiger partial charge in [0.25, 0.3) is 0 Å². The summed E-state index contributed by atoms with van der Waals surface area (Å²) >= 11 is 0. The lowest BCUT2D eigenvalue weighted by Gasteiger charge is -2.17. The van der Waals surface area contributed by atoms with Gasteiger partial charge in [0.1, 0.15) is 11.2 Å². The lowest BCUT2D eigenvalue weighted by Crippen LogP contribution is -1.99. The van der Waals surface area contributed by atoms with Crippen molar-refractivity contribution in [2.75, 3.05) is 0 Å². The highest BCUT2D eigenvalue weighted by atomic mass is 16.3. The number of para-hydroxylation sites is 5. The second-order valence-electron chi connectivity index (χ2n) is 12.0. The van der Waals surface area contributed by atoms with E-state index in [2.05, 4.69) is 141 Å². The van der Waals surface area contributed by atoms with Gasteiger partial charge in [-0.15, -0.1) is 0 Å². The number of furan rings is 1. The van der Waals surface area contributed by atoms with Crippen molar-refractivity contribution in [2.45, 2.75) is 0 Å². The molecule has 0 amide bonds. The van der Waals surface area contributed by atoms with E-state index in [1.54, 1.807) is 0 Å². The fraction of sp³-hybridized carbons (Fsp3) is 0. The molecule has 10 aromatic rings. The first-order valence-corrected chi connectivity index (χ1v) is 15.7. The Bertz CT molecular complexity index is 2880. The van der Waals surface area contributed by atoms with E-state index < -0.39 is 0 Å². The van der Waals surface area contributed by atoms with E-state index in [1.165, 1.54) is 16.2 Å². The van der Waals surface area contributed by atoms with E-state index >= 15 is 0 Å². The van der Waals surface area contributed by atoms with Crippen molar-refractivity contribution >= 4 is 71.2 Å². The Morgan fingerprint density at radius 2 is 1.06 bits per heavy atom. The van der Waals surface area contributed by atoms with Gasteiger partial charge in [0.15, 0.2) is 0 Å². The molecule has 0 aliphatic rings. The van der Waals surface area contributed by atoms with Crippen LogP contribution in [0.5, 0.6) is 0 Å². The maximum Gasteiger partial charge on any atom is 0.211 e. The van der Waals surface area contributed by atoms with E-state index in [0.717, 1.165) is 71.9 Å². The minimum atomic E-state index is 0.616. The minimum Gasteiger partial charge on any atom is -0.456 e. The molecule has 47 heavy (non-hydrogen) atoms. The van der Waals surface area contributed by atoms with Crippen LogP contribution in [0.3, 0.4) is 0 Å². The highest BCUT2D eigenvalue weighted by Gasteiger charge is 2.20. The summed E-state index contributed by atoms with van der Waals surface area (Å²) in [5.41, 5.74) is 10.8. The molecule has 218 valence electrons. The van der Waals surface area contributed by atoms with E-state index in [9.17, 15) is 0 Å². The first kappa shape index (κ1) is 25.7. The molecule has 7 aromatic carbocycles. The van der Waals surface area contributed by atoms with Crippen molar-refractivity contribution in [3.05, 3.63) is 163 Å². The molecule has 10 rings (SSSR count). The molecule has 4 nitrogen and oxygen atoms in total. The average molecular weight is 600 g/mol. The third kappa shape index (κ3) is 3.63. The predicted octanol–water partition coefficient (Wildman–Crippen LogP) is 12.0. The van der Waals surface area contributed by atoms with Gasteiger partial charge < -0.3 is 13.6 Å². The number of fused-ring (bicyclic) bond motifs is 9. The van der Waals surface area contributed by atoms with Crippen molar-refractivity contribution in [3.8, 4) is 22.5 Å². The Balaban J connectivity index is 1.26. The monoisotopic (exact) mass is 599 g/mol. The van der Waals surface area contributed by atoms with Crippen molar-refractivity contribution in [3.63, 3.8) is 0 Å². The Morgan fingerprint density at radius 3 is 1.79 bits per heavy atom. The third-order valence-corrected chi connectivity index (χ3v) is 9.53. The number of benzene rings is 7. The van der Waals surface area contributed by atoms with Crippen molar-refractivity contribution < 1.29 is 4.42 Å². The summed E-state index contributed by atoms with van der Waals surface area (Å²) in [4.78, 5) is 4.04. The zero-order valence-corrected chi connectivity index (χ0v) is 25.2. The SMILES string of the molecule is [C-]#[N+]c1cccc(-c2cccc(-n3c4ccccc4c4cc5oc6ccccc6c5cc43)c2)c1-n1c2ccccc2c2ccccc21. The molecule has 0 radical (unpaired) electrons. The zero-order valence-electron chi connectivity index (χ0n) is 25.2. The lowest BCUT2D eigenvalue weighted by molar-refractivity contribution is 0.669. The van der Waals surface area contributed by atoms with E-state index in [4.69, 9.17) is 11.0 Å². The molecule has 4 heteroatoms. The summed E-state index contributed by atoms with van der Waals surface area (Å²) in [6.07, 6.45) is 0.